The van der Waals surface area contributed by atoms with Crippen molar-refractivity contribution in [1.82, 2.24) is 0 Å². The van der Waals surface area contributed by atoms with Crippen LogP contribution >= 0.6 is 0 Å². The molecule has 0 saturated heterocycles. The fourth-order valence-electron chi connectivity index (χ4n) is 0.819. The van der Waals surface area contributed by atoms with Crippen LogP contribution in [0.1, 0.15) is 19.8 Å². The lowest BCUT2D eigenvalue weighted by Gasteiger charge is -2.23. The number of hydrogen-bond acceptors (Lipinski definition) is 3. The van der Waals surface area contributed by atoms with Crippen LogP contribution < -0.4 is 0 Å². The van der Waals surface area contributed by atoms with Gasteiger partial charge in [0.2, 0.25) is 0 Å². The van der Waals surface area contributed by atoms with E-state index in [1.807, 2.05) is 6.92 Å². The van der Waals surface area contributed by atoms with Gasteiger partial charge in [-0.1, -0.05) is 13.3 Å². The molecule has 0 aromatic rings. The molecule has 16 heavy (non-hydrogen) atoms. The molecule has 0 amide bonds. The van der Waals surface area contributed by atoms with E-state index < -0.39 is 17.7 Å². The minimum atomic E-state index is -5.13. The number of rotatable bonds is 4. The van der Waals surface area contributed by atoms with Crippen molar-refractivity contribution in [2.45, 2.75) is 31.5 Å². The minimum absolute atomic E-state index is 0.258. The Labute approximate surface area is 91.2 Å². The molecule has 0 aromatic heterocycles. The van der Waals surface area contributed by atoms with E-state index in [-0.39, 0.29) is 6.08 Å². The van der Waals surface area contributed by atoms with Gasteiger partial charge in [-0.2, -0.15) is 13.2 Å². The van der Waals surface area contributed by atoms with Gasteiger partial charge in [-0.05, 0) is 12.5 Å². The monoisotopic (exact) mass is 238 g/mol. The van der Waals surface area contributed by atoms with Crippen molar-refractivity contribution in [3.05, 3.63) is 17.9 Å². The van der Waals surface area contributed by atoms with Crippen LogP contribution in [0.3, 0.4) is 0 Å². The van der Waals surface area contributed by atoms with Crippen molar-refractivity contribution in [2.24, 2.45) is 0 Å². The number of aliphatic hydroxyl groups is 1. The molecule has 0 aliphatic heterocycles. The van der Waals surface area contributed by atoms with Gasteiger partial charge in [-0.3, -0.25) is 0 Å². The summed E-state index contributed by atoms with van der Waals surface area (Å²) in [4.78, 5) is 10.9. The number of hydrogen-bond donors (Lipinski definition) is 1. The second-order valence-corrected chi connectivity index (χ2v) is 3.06. The van der Waals surface area contributed by atoms with Crippen LogP contribution in [0, 0.1) is 0 Å². The van der Waals surface area contributed by atoms with Gasteiger partial charge in [-0.15, -0.1) is 5.73 Å². The van der Waals surface area contributed by atoms with Crippen molar-refractivity contribution in [3.8, 4) is 0 Å². The van der Waals surface area contributed by atoms with E-state index in [1.165, 1.54) is 6.08 Å². The summed E-state index contributed by atoms with van der Waals surface area (Å²) in [6.07, 6.45) is -2.34. The summed E-state index contributed by atoms with van der Waals surface area (Å²) in [7, 11) is 0.767. The summed E-state index contributed by atoms with van der Waals surface area (Å²) < 4.78 is 41.1. The Hall–Kier alpha value is -1.26. The van der Waals surface area contributed by atoms with E-state index in [2.05, 4.69) is 10.5 Å². The molecule has 0 radical (unpaired) electrons. The summed E-state index contributed by atoms with van der Waals surface area (Å²) >= 11 is 0. The third kappa shape index (κ3) is 3.40. The highest BCUT2D eigenvalue weighted by Gasteiger charge is 2.59. The SMILES string of the molecule is CCCC=C=C[C@](O)(C(=O)OC)C(F)(F)F. The van der Waals surface area contributed by atoms with Crippen LogP contribution in [0.5, 0.6) is 0 Å². The predicted molar refractivity (Wildman–Crippen MR) is 50.6 cm³/mol. The van der Waals surface area contributed by atoms with Crippen LogP contribution in [-0.2, 0) is 9.53 Å². The second kappa shape index (κ2) is 5.72. The van der Waals surface area contributed by atoms with Gasteiger partial charge in [0.15, 0.2) is 0 Å². The lowest BCUT2D eigenvalue weighted by atomic mass is 10.0. The molecule has 92 valence electrons. The number of ether oxygens (including phenoxy) is 1. The Balaban J connectivity index is 5.12. The fraction of sp³-hybridized carbons (Fsp3) is 0.600. The lowest BCUT2D eigenvalue weighted by Crippen LogP contribution is -2.50. The highest BCUT2D eigenvalue weighted by Crippen LogP contribution is 2.32. The quantitative estimate of drug-likeness (QED) is 0.601. The molecule has 0 spiro atoms. The van der Waals surface area contributed by atoms with Crippen LogP contribution in [0.2, 0.25) is 0 Å². The molecule has 0 unspecified atom stereocenters. The standard InChI is InChI=1S/C10H13F3O3/c1-3-4-5-6-7-9(15,8(14)16-2)10(11,12)13/h5,7,15H,3-4H2,1-2H3/t6?,9-/m0/s1. The third-order valence-corrected chi connectivity index (χ3v) is 1.77. The van der Waals surface area contributed by atoms with Gasteiger partial charge in [0.25, 0.3) is 5.60 Å². The summed E-state index contributed by atoms with van der Waals surface area (Å²) in [6, 6.07) is 0. The molecule has 6 heteroatoms. The molecule has 0 aromatic carbocycles. The van der Waals surface area contributed by atoms with E-state index in [4.69, 9.17) is 0 Å². The molecule has 0 aliphatic rings. The van der Waals surface area contributed by atoms with Gasteiger partial charge in [0.1, 0.15) is 0 Å². The molecule has 0 aliphatic carbocycles. The largest absolute Gasteiger partial charge is 0.466 e. The molecule has 3 nitrogen and oxygen atoms in total. The molecular formula is C10H13F3O3. The van der Waals surface area contributed by atoms with E-state index in [0.717, 1.165) is 13.5 Å². The fourth-order valence-corrected chi connectivity index (χ4v) is 0.819. The van der Waals surface area contributed by atoms with E-state index >= 15 is 0 Å². The Morgan fingerprint density at radius 3 is 2.44 bits per heavy atom. The predicted octanol–water partition coefficient (Wildman–Crippen LogP) is 1.96. The molecule has 1 N–H and O–H groups in total. The summed E-state index contributed by atoms with van der Waals surface area (Å²) in [5.74, 6) is -1.78. The first kappa shape index (κ1) is 14.7. The number of carbonyl (C=O) groups excluding carboxylic acids is 1. The summed E-state index contributed by atoms with van der Waals surface area (Å²) in [5, 5.41) is 9.18. The number of alkyl halides is 3. The molecular weight excluding hydrogens is 225 g/mol. The number of methoxy groups -OCH3 is 1. The number of halogens is 3. The third-order valence-electron chi connectivity index (χ3n) is 1.77. The zero-order chi connectivity index (χ0) is 12.8. The van der Waals surface area contributed by atoms with Crippen molar-refractivity contribution >= 4 is 5.97 Å². The maximum atomic E-state index is 12.4. The Kier molecular flexibility index (Phi) is 5.27. The highest BCUT2D eigenvalue weighted by molar-refractivity contribution is 5.82. The molecule has 0 bridgehead atoms. The first-order valence-electron chi connectivity index (χ1n) is 4.59. The normalized spacial score (nSPS) is 14.6. The van der Waals surface area contributed by atoms with Crippen LogP contribution in [0.25, 0.3) is 0 Å². The van der Waals surface area contributed by atoms with Gasteiger partial charge < -0.3 is 9.84 Å². The van der Waals surface area contributed by atoms with Crippen molar-refractivity contribution in [3.63, 3.8) is 0 Å². The number of unbranched alkanes of at least 4 members (excludes halogenated alkanes) is 1. The summed E-state index contributed by atoms with van der Waals surface area (Å²) in [6.45, 7) is 1.83. The average molecular weight is 238 g/mol. The second-order valence-electron chi connectivity index (χ2n) is 3.06. The van der Waals surface area contributed by atoms with Gasteiger partial charge in [0, 0.05) is 6.08 Å². The first-order valence-corrected chi connectivity index (χ1v) is 4.59. The van der Waals surface area contributed by atoms with Gasteiger partial charge >= 0.3 is 12.1 Å². The van der Waals surface area contributed by atoms with E-state index in [0.29, 0.717) is 6.42 Å². The maximum absolute atomic E-state index is 12.4. The molecule has 0 heterocycles. The topological polar surface area (TPSA) is 46.5 Å². The van der Waals surface area contributed by atoms with E-state index in [9.17, 15) is 23.1 Å². The number of esters is 1. The van der Waals surface area contributed by atoms with Crippen molar-refractivity contribution in [2.75, 3.05) is 7.11 Å². The Morgan fingerprint density at radius 2 is 2.06 bits per heavy atom. The molecule has 1 atom stereocenters. The van der Waals surface area contributed by atoms with E-state index in [1.54, 1.807) is 0 Å². The zero-order valence-corrected chi connectivity index (χ0v) is 8.97. The molecule has 0 saturated carbocycles. The van der Waals surface area contributed by atoms with Gasteiger partial charge in [-0.25, -0.2) is 4.79 Å². The first-order chi connectivity index (χ1) is 7.29. The van der Waals surface area contributed by atoms with Crippen molar-refractivity contribution < 1.29 is 27.8 Å². The number of carbonyl (C=O) groups is 1. The smallest absolute Gasteiger partial charge is 0.432 e. The maximum Gasteiger partial charge on any atom is 0.432 e. The Bertz CT molecular complexity index is 303. The minimum Gasteiger partial charge on any atom is -0.466 e. The zero-order valence-electron chi connectivity index (χ0n) is 8.97. The van der Waals surface area contributed by atoms with Crippen LogP contribution in [0.15, 0.2) is 17.9 Å². The summed E-state index contributed by atoms with van der Waals surface area (Å²) in [5.41, 5.74) is -1.51. The molecule has 0 rings (SSSR count). The van der Waals surface area contributed by atoms with Crippen molar-refractivity contribution in [1.29, 1.82) is 0 Å². The molecule has 0 fully saturated rings. The Morgan fingerprint density at radius 1 is 1.50 bits per heavy atom. The van der Waals surface area contributed by atoms with Crippen LogP contribution in [0.4, 0.5) is 13.2 Å². The lowest BCUT2D eigenvalue weighted by molar-refractivity contribution is -0.244. The average Bonchev–Trinajstić information content (AvgIpc) is 2.21. The van der Waals surface area contributed by atoms with Crippen LogP contribution in [-0.4, -0.2) is 30.0 Å². The highest BCUT2D eigenvalue weighted by atomic mass is 19.4. The van der Waals surface area contributed by atoms with Gasteiger partial charge in [0.05, 0.1) is 7.11 Å².